The van der Waals surface area contributed by atoms with Crippen LogP contribution in [0.2, 0.25) is 0 Å². The maximum atomic E-state index is 13.3. The lowest BCUT2D eigenvalue weighted by Crippen LogP contribution is -2.45. The molecule has 0 aliphatic carbocycles. The predicted molar refractivity (Wildman–Crippen MR) is 105 cm³/mol. The molecule has 2 aromatic heterocycles. The highest BCUT2D eigenvalue weighted by molar-refractivity contribution is 7.13. The summed E-state index contributed by atoms with van der Waals surface area (Å²) in [4.78, 5) is 35.7. The van der Waals surface area contributed by atoms with Crippen molar-refractivity contribution in [2.24, 2.45) is 0 Å². The molecule has 0 N–H and O–H groups in total. The minimum atomic E-state index is -0.732. The number of para-hydroxylation sites is 1. The van der Waals surface area contributed by atoms with Crippen LogP contribution in [-0.2, 0) is 9.53 Å². The molecular weight excluding hydrogens is 362 g/mol. The van der Waals surface area contributed by atoms with Crippen molar-refractivity contribution in [2.75, 3.05) is 12.0 Å². The lowest BCUT2D eigenvalue weighted by molar-refractivity contribution is -0.142. The number of methoxy groups -OCH3 is 1. The molecule has 1 aromatic carbocycles. The zero-order chi connectivity index (χ0) is 19.2. The topological polar surface area (TPSA) is 72.4 Å². The number of hydrogen-bond acceptors (Lipinski definition) is 6. The van der Waals surface area contributed by atoms with Crippen LogP contribution in [0.25, 0.3) is 10.7 Å². The first-order valence-corrected chi connectivity index (χ1v) is 9.37. The first kappa shape index (κ1) is 18.7. The second kappa shape index (κ2) is 8.55. The third kappa shape index (κ3) is 4.03. The summed E-state index contributed by atoms with van der Waals surface area (Å²) < 4.78 is 4.91. The molecule has 2 heterocycles. The molecule has 0 saturated heterocycles. The van der Waals surface area contributed by atoms with E-state index < -0.39 is 12.0 Å². The summed E-state index contributed by atoms with van der Waals surface area (Å²) in [7, 11) is 1.32. The van der Waals surface area contributed by atoms with Crippen molar-refractivity contribution in [3.8, 4) is 10.7 Å². The average molecular weight is 381 g/mol. The Morgan fingerprint density at radius 2 is 1.89 bits per heavy atom. The molecule has 7 heteroatoms. The maximum Gasteiger partial charge on any atom is 0.328 e. The van der Waals surface area contributed by atoms with Gasteiger partial charge in [0.1, 0.15) is 16.7 Å². The molecule has 0 aliphatic rings. The van der Waals surface area contributed by atoms with E-state index in [1.54, 1.807) is 23.7 Å². The third-order valence-electron chi connectivity index (χ3n) is 4.03. The number of aromatic nitrogens is 2. The van der Waals surface area contributed by atoms with Gasteiger partial charge in [-0.1, -0.05) is 31.2 Å². The van der Waals surface area contributed by atoms with Gasteiger partial charge < -0.3 is 4.74 Å². The zero-order valence-electron chi connectivity index (χ0n) is 15.0. The van der Waals surface area contributed by atoms with Gasteiger partial charge in [-0.15, -0.1) is 11.3 Å². The van der Waals surface area contributed by atoms with Crippen LogP contribution < -0.4 is 4.90 Å². The minimum absolute atomic E-state index is 0.270. The van der Waals surface area contributed by atoms with Crippen molar-refractivity contribution in [1.82, 2.24) is 9.97 Å². The minimum Gasteiger partial charge on any atom is -0.467 e. The van der Waals surface area contributed by atoms with Gasteiger partial charge in [-0.25, -0.2) is 9.78 Å². The van der Waals surface area contributed by atoms with Gasteiger partial charge in [-0.3, -0.25) is 14.7 Å². The maximum absolute atomic E-state index is 13.3. The number of benzene rings is 1. The first-order chi connectivity index (χ1) is 13.2. The number of pyridine rings is 1. The van der Waals surface area contributed by atoms with E-state index in [9.17, 15) is 9.59 Å². The average Bonchev–Trinajstić information content (AvgIpc) is 3.22. The van der Waals surface area contributed by atoms with Gasteiger partial charge in [0.05, 0.1) is 12.8 Å². The molecule has 3 rings (SSSR count). The molecule has 0 radical (unpaired) electrons. The molecule has 0 saturated carbocycles. The number of anilines is 1. The highest BCUT2D eigenvalue weighted by Crippen LogP contribution is 2.26. The molecule has 6 nitrogen and oxygen atoms in total. The first-order valence-electron chi connectivity index (χ1n) is 8.49. The van der Waals surface area contributed by atoms with Crippen molar-refractivity contribution in [3.05, 3.63) is 65.8 Å². The number of hydrogen-bond donors (Lipinski definition) is 0. The number of ether oxygens (including phenoxy) is 1. The molecule has 3 aromatic rings. The van der Waals surface area contributed by atoms with Crippen molar-refractivity contribution in [2.45, 2.75) is 19.4 Å². The Balaban J connectivity index is 1.98. The SMILES string of the molecule is CC[C@@H](C(=O)OC)N(C(=O)c1csc(-c2ccccn2)n1)c1ccccc1. The summed E-state index contributed by atoms with van der Waals surface area (Å²) in [5, 5.41) is 2.34. The molecule has 0 aliphatic heterocycles. The number of thiazole rings is 1. The van der Waals surface area contributed by atoms with Crippen molar-refractivity contribution in [3.63, 3.8) is 0 Å². The van der Waals surface area contributed by atoms with Gasteiger partial charge in [-0.05, 0) is 30.7 Å². The van der Waals surface area contributed by atoms with E-state index in [2.05, 4.69) is 9.97 Å². The van der Waals surface area contributed by atoms with Gasteiger partial charge >= 0.3 is 5.97 Å². The lowest BCUT2D eigenvalue weighted by Gasteiger charge is -2.28. The molecule has 27 heavy (non-hydrogen) atoms. The third-order valence-corrected chi connectivity index (χ3v) is 4.90. The molecular formula is C20H19N3O3S. The van der Waals surface area contributed by atoms with Crippen LogP contribution in [0.15, 0.2) is 60.1 Å². The largest absolute Gasteiger partial charge is 0.467 e. The van der Waals surface area contributed by atoms with Crippen molar-refractivity contribution >= 4 is 28.9 Å². The van der Waals surface area contributed by atoms with E-state index in [1.165, 1.54) is 23.3 Å². The van der Waals surface area contributed by atoms with Gasteiger partial charge in [0.2, 0.25) is 0 Å². The Bertz CT molecular complexity index is 912. The number of carbonyl (C=O) groups excluding carboxylic acids is 2. The normalized spacial score (nSPS) is 11.6. The smallest absolute Gasteiger partial charge is 0.328 e. The van der Waals surface area contributed by atoms with Crippen molar-refractivity contribution < 1.29 is 14.3 Å². The molecule has 1 atom stereocenters. The summed E-state index contributed by atoms with van der Waals surface area (Å²) in [6.07, 6.45) is 2.10. The Labute approximate surface area is 161 Å². The summed E-state index contributed by atoms with van der Waals surface area (Å²) in [5.74, 6) is -0.813. The van der Waals surface area contributed by atoms with Gasteiger partial charge in [0.25, 0.3) is 5.91 Å². The van der Waals surface area contributed by atoms with E-state index in [1.807, 2.05) is 43.3 Å². The zero-order valence-corrected chi connectivity index (χ0v) is 15.8. The Morgan fingerprint density at radius 3 is 2.52 bits per heavy atom. The summed E-state index contributed by atoms with van der Waals surface area (Å²) in [6, 6.07) is 13.9. The fourth-order valence-corrected chi connectivity index (χ4v) is 3.49. The second-order valence-corrected chi connectivity index (χ2v) is 6.57. The van der Waals surface area contributed by atoms with E-state index in [0.717, 1.165) is 0 Å². The summed E-state index contributed by atoms with van der Waals surface area (Å²) >= 11 is 1.34. The molecule has 0 fully saturated rings. The van der Waals surface area contributed by atoms with Crippen LogP contribution in [0.5, 0.6) is 0 Å². The summed E-state index contributed by atoms with van der Waals surface area (Å²) in [6.45, 7) is 1.84. The summed E-state index contributed by atoms with van der Waals surface area (Å²) in [5.41, 5.74) is 1.59. The number of amides is 1. The number of rotatable bonds is 6. The van der Waals surface area contributed by atoms with E-state index in [4.69, 9.17) is 4.74 Å². The van der Waals surface area contributed by atoms with E-state index >= 15 is 0 Å². The number of esters is 1. The van der Waals surface area contributed by atoms with Crippen LogP contribution in [-0.4, -0.2) is 35.0 Å². The van der Waals surface area contributed by atoms with Crippen LogP contribution in [0.3, 0.4) is 0 Å². The molecule has 0 unspecified atom stereocenters. The quantitative estimate of drug-likeness (QED) is 0.607. The van der Waals surface area contributed by atoms with Gasteiger partial charge in [0, 0.05) is 17.3 Å². The molecule has 138 valence electrons. The predicted octanol–water partition coefficient (Wildman–Crippen LogP) is 3.80. The highest BCUT2D eigenvalue weighted by atomic mass is 32.1. The fourth-order valence-electron chi connectivity index (χ4n) is 2.72. The van der Waals surface area contributed by atoms with Crippen LogP contribution in [0, 0.1) is 0 Å². The number of carbonyl (C=O) groups is 2. The fraction of sp³-hybridized carbons (Fsp3) is 0.200. The second-order valence-electron chi connectivity index (χ2n) is 5.71. The Kier molecular flexibility index (Phi) is 5.93. The number of nitrogens with zero attached hydrogens (tertiary/aromatic N) is 3. The standard InChI is InChI=1S/C20H19N3O3S/c1-3-17(20(25)26-2)23(14-9-5-4-6-10-14)19(24)16-13-27-18(22-16)15-11-7-8-12-21-15/h4-13,17H,3H2,1-2H3/t17-/m0/s1. The highest BCUT2D eigenvalue weighted by Gasteiger charge is 2.32. The van der Waals surface area contributed by atoms with E-state index in [-0.39, 0.29) is 11.6 Å². The van der Waals surface area contributed by atoms with Crippen LogP contribution >= 0.6 is 11.3 Å². The molecule has 0 spiro atoms. The van der Waals surface area contributed by atoms with Crippen molar-refractivity contribution in [1.29, 1.82) is 0 Å². The van der Waals surface area contributed by atoms with Gasteiger partial charge in [0.15, 0.2) is 0 Å². The molecule has 0 bridgehead atoms. The van der Waals surface area contributed by atoms with Crippen LogP contribution in [0.4, 0.5) is 5.69 Å². The van der Waals surface area contributed by atoms with E-state index in [0.29, 0.717) is 22.8 Å². The van der Waals surface area contributed by atoms with Gasteiger partial charge in [-0.2, -0.15) is 0 Å². The lowest BCUT2D eigenvalue weighted by atomic mass is 10.1. The Hall–Kier alpha value is -3.06. The van der Waals surface area contributed by atoms with Crippen LogP contribution in [0.1, 0.15) is 23.8 Å². The molecule has 1 amide bonds. The monoisotopic (exact) mass is 381 g/mol. The Morgan fingerprint density at radius 1 is 1.15 bits per heavy atom.